The molecule has 0 aliphatic heterocycles. The zero-order valence-corrected chi connectivity index (χ0v) is 26.9. The fraction of sp³-hybridized carbons (Fsp3) is 0.0667. The minimum atomic E-state index is 0.0808. The number of para-hydroxylation sites is 3. The zero-order chi connectivity index (χ0) is 33.1. The van der Waals surface area contributed by atoms with Gasteiger partial charge < -0.3 is 9.13 Å². The lowest BCUT2D eigenvalue weighted by Crippen LogP contribution is -2.13. The first kappa shape index (κ1) is 28.6. The minimum absolute atomic E-state index is 0.0808. The molecule has 8 aromatic rings. The highest BCUT2D eigenvalue weighted by molar-refractivity contribution is 6.12. The van der Waals surface area contributed by atoms with E-state index in [-0.39, 0.29) is 5.92 Å². The topological polar surface area (TPSA) is 57.4 Å². The number of hydrogen-bond acceptors (Lipinski definition) is 2. The molecule has 0 radical (unpaired) electrons. The van der Waals surface area contributed by atoms with Crippen molar-refractivity contribution in [3.63, 3.8) is 0 Å². The van der Waals surface area contributed by atoms with Crippen molar-refractivity contribution in [2.24, 2.45) is 5.92 Å². The maximum absolute atomic E-state index is 10.5. The first-order chi connectivity index (χ1) is 24.1. The van der Waals surface area contributed by atoms with Gasteiger partial charge in [0.25, 0.3) is 0 Å². The number of nitriles is 2. The zero-order valence-electron chi connectivity index (χ0n) is 26.9. The van der Waals surface area contributed by atoms with E-state index in [1.165, 1.54) is 32.7 Å². The van der Waals surface area contributed by atoms with Crippen LogP contribution in [0.2, 0.25) is 0 Å². The molecule has 1 aliphatic carbocycles. The molecule has 0 bridgehead atoms. The van der Waals surface area contributed by atoms with Gasteiger partial charge in [-0.25, -0.2) is 0 Å². The van der Waals surface area contributed by atoms with Crippen LogP contribution in [0.4, 0.5) is 0 Å². The lowest BCUT2D eigenvalue weighted by molar-refractivity contribution is 0.712. The van der Waals surface area contributed by atoms with Gasteiger partial charge in [0.1, 0.15) is 0 Å². The first-order valence-corrected chi connectivity index (χ1v) is 16.6. The van der Waals surface area contributed by atoms with Crippen LogP contribution in [-0.4, -0.2) is 9.13 Å². The first-order valence-electron chi connectivity index (χ1n) is 16.6. The monoisotopic (exact) mass is 626 g/mol. The second-order valence-electron chi connectivity index (χ2n) is 12.8. The summed E-state index contributed by atoms with van der Waals surface area (Å²) in [6.45, 7) is 2.19. The fourth-order valence-corrected chi connectivity index (χ4v) is 7.78. The van der Waals surface area contributed by atoms with Crippen molar-refractivity contribution in [2.75, 3.05) is 0 Å². The van der Waals surface area contributed by atoms with Crippen molar-refractivity contribution in [1.29, 1.82) is 10.5 Å². The average Bonchev–Trinajstić information content (AvgIpc) is 3.67. The summed E-state index contributed by atoms with van der Waals surface area (Å²) in [5, 5.41) is 25.6. The molecule has 1 aliphatic rings. The SMILES string of the molecule is CC1CC(C#N)=C(c2cc(-n3c4ccccc4c4ccccc43)ccc2C#N)C=C1n1c2ccccc2c2cc(-c3ccccc3)ccc21. The molecule has 230 valence electrons. The van der Waals surface area contributed by atoms with Gasteiger partial charge in [0.05, 0.1) is 39.8 Å². The van der Waals surface area contributed by atoms with Crippen LogP contribution in [0.5, 0.6) is 0 Å². The third kappa shape index (κ3) is 4.43. The molecule has 2 heterocycles. The number of aromatic nitrogens is 2. The Morgan fingerprint density at radius 2 is 1.14 bits per heavy atom. The number of nitrogens with zero attached hydrogens (tertiary/aromatic N) is 4. The van der Waals surface area contributed by atoms with Crippen molar-refractivity contribution in [3.05, 3.63) is 162 Å². The van der Waals surface area contributed by atoms with Crippen molar-refractivity contribution < 1.29 is 0 Å². The molecular formula is C45H30N4. The van der Waals surface area contributed by atoms with Crippen molar-refractivity contribution >= 4 is 54.9 Å². The molecule has 0 N–H and O–H groups in total. The standard InChI is InChI=1S/C45H30N4/c1-29-23-33(28-47)39(38-25-34(21-19-32(38)27-46)48-41-16-8-5-13-35(41)36-14-6-9-17-42(36)48)26-45(29)49-43-18-10-7-15-37(43)40-24-31(20-22-44(40)49)30-11-3-2-4-12-30/h2-22,24-26,29H,23H2,1H3. The maximum atomic E-state index is 10.5. The van der Waals surface area contributed by atoms with E-state index in [1.54, 1.807) is 0 Å². The molecule has 4 nitrogen and oxygen atoms in total. The highest BCUT2D eigenvalue weighted by Crippen LogP contribution is 2.43. The molecule has 4 heteroatoms. The van der Waals surface area contributed by atoms with E-state index in [4.69, 9.17) is 0 Å². The molecule has 6 aromatic carbocycles. The van der Waals surface area contributed by atoms with Gasteiger partial charge in [0.15, 0.2) is 0 Å². The van der Waals surface area contributed by atoms with E-state index in [1.807, 2.05) is 18.2 Å². The van der Waals surface area contributed by atoms with E-state index >= 15 is 0 Å². The lowest BCUT2D eigenvalue weighted by Gasteiger charge is -2.26. The summed E-state index contributed by atoms with van der Waals surface area (Å²) < 4.78 is 4.62. The van der Waals surface area contributed by atoms with Crippen LogP contribution in [-0.2, 0) is 0 Å². The quantitative estimate of drug-likeness (QED) is 0.195. The number of allylic oxidation sites excluding steroid dienone is 4. The summed E-state index contributed by atoms with van der Waals surface area (Å²) in [4.78, 5) is 0. The number of benzene rings is 6. The summed E-state index contributed by atoms with van der Waals surface area (Å²) >= 11 is 0. The van der Waals surface area contributed by atoms with Crippen LogP contribution < -0.4 is 0 Å². The molecule has 9 rings (SSSR count). The third-order valence-electron chi connectivity index (χ3n) is 10.1. The Labute approximate surface area is 284 Å². The number of rotatable bonds is 4. The summed E-state index contributed by atoms with van der Waals surface area (Å²) in [6, 6.07) is 53.5. The predicted octanol–water partition coefficient (Wildman–Crippen LogP) is 11.3. The van der Waals surface area contributed by atoms with Crippen molar-refractivity contribution in [1.82, 2.24) is 9.13 Å². The van der Waals surface area contributed by atoms with Crippen LogP contribution in [0.25, 0.3) is 71.7 Å². The van der Waals surface area contributed by atoms with Crippen LogP contribution in [0.3, 0.4) is 0 Å². The maximum Gasteiger partial charge on any atom is 0.0998 e. The summed E-state index contributed by atoms with van der Waals surface area (Å²) in [6.07, 6.45) is 2.74. The van der Waals surface area contributed by atoms with Crippen molar-refractivity contribution in [3.8, 4) is 29.0 Å². The van der Waals surface area contributed by atoms with E-state index in [2.05, 4.69) is 156 Å². The predicted molar refractivity (Wildman–Crippen MR) is 201 cm³/mol. The third-order valence-corrected chi connectivity index (χ3v) is 10.1. The highest BCUT2D eigenvalue weighted by Gasteiger charge is 2.27. The van der Waals surface area contributed by atoms with Gasteiger partial charge in [0.2, 0.25) is 0 Å². The van der Waals surface area contributed by atoms with Gasteiger partial charge >= 0.3 is 0 Å². The largest absolute Gasteiger partial charge is 0.313 e. The molecule has 1 unspecified atom stereocenters. The Kier molecular flexibility index (Phi) is 6.57. The van der Waals surface area contributed by atoms with Crippen LogP contribution >= 0.6 is 0 Å². The Bertz CT molecular complexity index is 2720. The van der Waals surface area contributed by atoms with Crippen molar-refractivity contribution in [2.45, 2.75) is 13.3 Å². The van der Waals surface area contributed by atoms with E-state index in [0.717, 1.165) is 44.6 Å². The molecule has 0 saturated heterocycles. The number of fused-ring (bicyclic) bond motifs is 6. The van der Waals surface area contributed by atoms with E-state index in [9.17, 15) is 10.5 Å². The van der Waals surface area contributed by atoms with Crippen LogP contribution in [0, 0.1) is 28.6 Å². The van der Waals surface area contributed by atoms with Crippen LogP contribution in [0.1, 0.15) is 24.5 Å². The summed E-state index contributed by atoms with van der Waals surface area (Å²) in [5.41, 5.74) is 11.7. The lowest BCUT2D eigenvalue weighted by atomic mass is 9.84. The molecule has 0 spiro atoms. The number of hydrogen-bond donors (Lipinski definition) is 0. The normalized spacial score (nSPS) is 14.8. The van der Waals surface area contributed by atoms with E-state index in [0.29, 0.717) is 17.6 Å². The molecule has 2 aromatic heterocycles. The Morgan fingerprint density at radius 1 is 0.551 bits per heavy atom. The Balaban J connectivity index is 1.27. The Morgan fingerprint density at radius 3 is 1.80 bits per heavy atom. The van der Waals surface area contributed by atoms with E-state index < -0.39 is 0 Å². The van der Waals surface area contributed by atoms with Gasteiger partial charge in [-0.2, -0.15) is 10.5 Å². The Hall–Kier alpha value is -6.62. The van der Waals surface area contributed by atoms with Gasteiger partial charge in [-0.3, -0.25) is 0 Å². The second kappa shape index (κ2) is 11.3. The molecule has 1 atom stereocenters. The molecule has 0 amide bonds. The second-order valence-corrected chi connectivity index (χ2v) is 12.8. The van der Waals surface area contributed by atoms with Gasteiger partial charge in [-0.1, -0.05) is 97.9 Å². The molecular weight excluding hydrogens is 597 g/mol. The average molecular weight is 627 g/mol. The molecule has 0 fully saturated rings. The smallest absolute Gasteiger partial charge is 0.0998 e. The van der Waals surface area contributed by atoms with Gasteiger partial charge in [0, 0.05) is 50.0 Å². The summed E-state index contributed by atoms with van der Waals surface area (Å²) in [5.74, 6) is 0.0808. The molecule has 0 saturated carbocycles. The minimum Gasteiger partial charge on any atom is -0.313 e. The summed E-state index contributed by atoms with van der Waals surface area (Å²) in [7, 11) is 0. The van der Waals surface area contributed by atoms with Gasteiger partial charge in [-0.15, -0.1) is 0 Å². The fourth-order valence-electron chi connectivity index (χ4n) is 7.78. The van der Waals surface area contributed by atoms with Gasteiger partial charge in [-0.05, 0) is 77.7 Å². The molecule has 49 heavy (non-hydrogen) atoms. The van der Waals surface area contributed by atoms with Crippen LogP contribution in [0.15, 0.2) is 151 Å². The highest BCUT2D eigenvalue weighted by atomic mass is 15.0.